The molecule has 13 nitrogen and oxygen atoms in total. The van der Waals surface area contributed by atoms with Gasteiger partial charge >= 0.3 is 0 Å². The third-order valence-electron chi connectivity index (χ3n) is 8.20. The fourth-order valence-electron chi connectivity index (χ4n) is 5.84. The molecule has 6 aromatic heterocycles. The number of hydrogen-bond acceptors (Lipinski definition) is 13. The average molecular weight is 678 g/mol. The van der Waals surface area contributed by atoms with Gasteiger partial charge in [0.05, 0.1) is 10.1 Å². The lowest BCUT2D eigenvalue weighted by Crippen LogP contribution is -2.43. The number of fused-ring (bicyclic) bond motifs is 2. The van der Waals surface area contributed by atoms with Gasteiger partial charge in [-0.25, -0.2) is 15.0 Å². The van der Waals surface area contributed by atoms with E-state index in [1.807, 2.05) is 43.0 Å². The topological polar surface area (TPSA) is 147 Å². The SMILES string of the molecule is CC(C)(C)Nc1nc(Nc2cc(N3CCNCC3)ccn2)nc2[nH]ccc12.c1cc(N2CCNCC2)cc(Nc2cc3ccsc3cn2)n1. The highest BCUT2D eigenvalue weighted by molar-refractivity contribution is 7.17. The van der Waals surface area contributed by atoms with Gasteiger partial charge in [-0.05, 0) is 61.9 Å². The van der Waals surface area contributed by atoms with Crippen molar-refractivity contribution in [1.29, 1.82) is 0 Å². The summed E-state index contributed by atoms with van der Waals surface area (Å²) in [5.74, 6) is 3.71. The number of nitrogens with zero attached hydrogens (tertiary/aromatic N) is 7. The molecule has 2 aliphatic heterocycles. The van der Waals surface area contributed by atoms with Crippen molar-refractivity contribution in [2.24, 2.45) is 0 Å². The van der Waals surface area contributed by atoms with E-state index in [-0.39, 0.29) is 5.54 Å². The van der Waals surface area contributed by atoms with Gasteiger partial charge in [-0.2, -0.15) is 9.97 Å². The van der Waals surface area contributed by atoms with Crippen LogP contribution >= 0.6 is 11.3 Å². The highest BCUT2D eigenvalue weighted by atomic mass is 32.1. The molecule has 0 amide bonds. The van der Waals surface area contributed by atoms with Crippen LogP contribution in [0.2, 0.25) is 0 Å². The lowest BCUT2D eigenvalue weighted by atomic mass is 10.1. The predicted octanol–water partition coefficient (Wildman–Crippen LogP) is 5.56. The molecule has 6 aromatic rings. The van der Waals surface area contributed by atoms with Gasteiger partial charge in [0.1, 0.15) is 28.9 Å². The monoisotopic (exact) mass is 677 g/mol. The summed E-state index contributed by atoms with van der Waals surface area (Å²) in [7, 11) is 0. The Labute approximate surface area is 290 Å². The molecule has 0 bridgehead atoms. The Morgan fingerprint density at radius 3 is 2.02 bits per heavy atom. The second-order valence-corrected chi connectivity index (χ2v) is 14.0. The van der Waals surface area contributed by atoms with E-state index in [0.29, 0.717) is 5.95 Å². The van der Waals surface area contributed by atoms with Crippen LogP contribution in [0.4, 0.5) is 40.6 Å². The van der Waals surface area contributed by atoms with Crippen molar-refractivity contribution in [1.82, 2.24) is 40.5 Å². The summed E-state index contributed by atoms with van der Waals surface area (Å²) in [6.07, 6.45) is 7.45. The Bertz CT molecular complexity index is 1990. The van der Waals surface area contributed by atoms with Gasteiger partial charge in [0, 0.05) is 106 Å². The molecule has 2 aliphatic rings. The number of nitrogens with one attached hydrogen (secondary N) is 6. The summed E-state index contributed by atoms with van der Waals surface area (Å²) in [5, 5.41) is 21.0. The number of thiophene rings is 1. The summed E-state index contributed by atoms with van der Waals surface area (Å²) in [6, 6.07) is 14.4. The Morgan fingerprint density at radius 2 is 1.37 bits per heavy atom. The van der Waals surface area contributed by atoms with Crippen molar-refractivity contribution in [3.63, 3.8) is 0 Å². The van der Waals surface area contributed by atoms with Crippen LogP contribution in [0.15, 0.2) is 72.6 Å². The zero-order chi connectivity index (χ0) is 33.6. The van der Waals surface area contributed by atoms with Gasteiger partial charge in [-0.3, -0.25) is 0 Å². The Balaban J connectivity index is 0.000000157. The van der Waals surface area contributed by atoms with Crippen LogP contribution in [0.25, 0.3) is 21.1 Å². The van der Waals surface area contributed by atoms with E-state index in [2.05, 4.69) is 117 Å². The molecular weight excluding hydrogens is 635 g/mol. The van der Waals surface area contributed by atoms with Crippen LogP contribution in [-0.2, 0) is 0 Å². The molecule has 2 saturated heterocycles. The number of rotatable bonds is 7. The lowest BCUT2D eigenvalue weighted by Gasteiger charge is -2.29. The number of H-pyrrole nitrogens is 1. The van der Waals surface area contributed by atoms with Crippen LogP contribution in [0.5, 0.6) is 0 Å². The summed E-state index contributed by atoms with van der Waals surface area (Å²) < 4.78 is 1.20. The van der Waals surface area contributed by atoms with Gasteiger partial charge in [0.25, 0.3) is 0 Å². The summed E-state index contributed by atoms with van der Waals surface area (Å²) in [4.78, 5) is 30.5. The van der Waals surface area contributed by atoms with Crippen LogP contribution in [0, 0.1) is 0 Å². The average Bonchev–Trinajstić information content (AvgIpc) is 3.79. The molecule has 0 spiro atoms. The minimum absolute atomic E-state index is 0.101. The molecule has 49 heavy (non-hydrogen) atoms. The van der Waals surface area contributed by atoms with Gasteiger partial charge < -0.3 is 41.4 Å². The second-order valence-electron chi connectivity index (χ2n) is 13.1. The van der Waals surface area contributed by atoms with E-state index in [1.54, 1.807) is 11.3 Å². The first-order valence-corrected chi connectivity index (χ1v) is 17.6. The predicted molar refractivity (Wildman–Crippen MR) is 202 cm³/mol. The van der Waals surface area contributed by atoms with Crippen molar-refractivity contribution in [3.8, 4) is 0 Å². The minimum Gasteiger partial charge on any atom is -0.369 e. The molecule has 0 saturated carbocycles. The first-order valence-electron chi connectivity index (χ1n) is 16.7. The molecule has 6 N–H and O–H groups in total. The first kappa shape index (κ1) is 32.5. The maximum absolute atomic E-state index is 4.68. The molecular formula is C35H43N13S. The lowest BCUT2D eigenvalue weighted by molar-refractivity contribution is 0.589. The van der Waals surface area contributed by atoms with Gasteiger partial charge in [0.2, 0.25) is 5.95 Å². The van der Waals surface area contributed by atoms with Crippen LogP contribution in [-0.4, -0.2) is 87.8 Å². The van der Waals surface area contributed by atoms with E-state index in [1.165, 1.54) is 15.8 Å². The van der Waals surface area contributed by atoms with E-state index < -0.39 is 0 Å². The zero-order valence-corrected chi connectivity index (χ0v) is 28.9. The molecule has 0 atom stereocenters. The van der Waals surface area contributed by atoms with Crippen LogP contribution < -0.4 is 36.4 Å². The number of piperazine rings is 2. The fraction of sp³-hybridized carbons (Fsp3) is 0.343. The number of anilines is 7. The quantitative estimate of drug-likeness (QED) is 0.126. The minimum atomic E-state index is -0.101. The van der Waals surface area contributed by atoms with Crippen molar-refractivity contribution >= 4 is 73.1 Å². The number of pyridine rings is 3. The highest BCUT2D eigenvalue weighted by Crippen LogP contribution is 2.27. The van der Waals surface area contributed by atoms with Crippen LogP contribution in [0.3, 0.4) is 0 Å². The second kappa shape index (κ2) is 14.6. The van der Waals surface area contributed by atoms with Gasteiger partial charge in [-0.15, -0.1) is 11.3 Å². The van der Waals surface area contributed by atoms with Crippen molar-refractivity contribution in [2.45, 2.75) is 26.3 Å². The Kier molecular flexibility index (Phi) is 9.68. The number of aromatic amines is 1. The molecule has 0 unspecified atom stereocenters. The molecule has 8 rings (SSSR count). The van der Waals surface area contributed by atoms with Gasteiger partial charge in [-0.1, -0.05) is 0 Å². The zero-order valence-electron chi connectivity index (χ0n) is 28.1. The van der Waals surface area contributed by atoms with E-state index in [0.717, 1.165) is 92.4 Å². The Hall–Kier alpha value is -5.05. The number of hydrogen-bond donors (Lipinski definition) is 6. The maximum atomic E-state index is 4.68. The maximum Gasteiger partial charge on any atom is 0.232 e. The molecule has 2 fully saturated rings. The molecule has 8 heterocycles. The fourth-order valence-corrected chi connectivity index (χ4v) is 6.58. The standard InChI is InChI=1S/C19H26N8.C16H17N5S/c1-19(2,3)26-17-14-5-7-22-16(14)24-18(25-17)23-15-12-13(4-6-21-15)27-10-8-20-9-11-27;1-3-18-16(10-13(1)21-6-4-17-5-7-21)20-15-9-12-2-8-22-14(12)11-19-15/h4-7,12,20H,8-11H2,1-3H3,(H3,21,22,23,24,25,26);1-3,8-11,17H,4-7H2,(H,18,19,20). The smallest absolute Gasteiger partial charge is 0.232 e. The summed E-state index contributed by atoms with van der Waals surface area (Å²) >= 11 is 1.71. The molecule has 0 radical (unpaired) electrons. The number of aromatic nitrogens is 6. The first-order chi connectivity index (χ1) is 23.9. The van der Waals surface area contributed by atoms with Gasteiger partial charge in [0.15, 0.2) is 0 Å². The Morgan fingerprint density at radius 1 is 0.735 bits per heavy atom. The third-order valence-corrected chi connectivity index (χ3v) is 9.06. The molecule has 14 heteroatoms. The molecule has 0 aromatic carbocycles. The van der Waals surface area contributed by atoms with Crippen molar-refractivity contribution in [3.05, 3.63) is 72.6 Å². The summed E-state index contributed by atoms with van der Waals surface area (Å²) in [5.41, 5.74) is 3.05. The highest BCUT2D eigenvalue weighted by Gasteiger charge is 2.17. The molecule has 254 valence electrons. The van der Waals surface area contributed by atoms with Crippen molar-refractivity contribution < 1.29 is 0 Å². The van der Waals surface area contributed by atoms with E-state index in [9.17, 15) is 0 Å². The van der Waals surface area contributed by atoms with Crippen LogP contribution in [0.1, 0.15) is 20.8 Å². The van der Waals surface area contributed by atoms with E-state index >= 15 is 0 Å². The van der Waals surface area contributed by atoms with E-state index in [4.69, 9.17) is 0 Å². The largest absolute Gasteiger partial charge is 0.369 e. The van der Waals surface area contributed by atoms with Crippen molar-refractivity contribution in [2.75, 3.05) is 78.1 Å². The normalized spacial score (nSPS) is 15.2. The summed E-state index contributed by atoms with van der Waals surface area (Å²) in [6.45, 7) is 14.4. The molecule has 0 aliphatic carbocycles. The third kappa shape index (κ3) is 8.34.